The molecule has 1 aliphatic heterocycles. The lowest BCUT2D eigenvalue weighted by Gasteiger charge is -2.19. The average Bonchev–Trinajstić information content (AvgIpc) is 2.81. The van der Waals surface area contributed by atoms with Crippen molar-refractivity contribution < 1.29 is 28.0 Å². The lowest BCUT2D eigenvalue weighted by Crippen LogP contribution is -2.39. The summed E-state index contributed by atoms with van der Waals surface area (Å²) in [5, 5.41) is 20.6. The smallest absolute Gasteiger partial charge is 0.269 e. The number of nitrogens with zero attached hydrogens (tertiary/aromatic N) is 2. The van der Waals surface area contributed by atoms with E-state index in [9.17, 15) is 28.4 Å². The van der Waals surface area contributed by atoms with Crippen molar-refractivity contribution >= 4 is 21.6 Å². The standard InChI is InChI=1S/C16H14N2O7S/c19-12(10-25-13-7-5-11(6-8-13)18(21)22)9-17-16(20)14-3-1-2-4-15(14)26(17,23)24/h1-8,12,19H,9-10H2/t12-/m1/s1. The van der Waals surface area contributed by atoms with Gasteiger partial charge in [-0.05, 0) is 24.3 Å². The van der Waals surface area contributed by atoms with Crippen LogP contribution in [0.1, 0.15) is 10.4 Å². The van der Waals surface area contributed by atoms with Crippen molar-refractivity contribution in [3.8, 4) is 5.75 Å². The summed E-state index contributed by atoms with van der Waals surface area (Å²) in [5.74, 6) is -0.427. The van der Waals surface area contributed by atoms with Gasteiger partial charge in [-0.25, -0.2) is 12.7 Å². The molecule has 0 aromatic heterocycles. The summed E-state index contributed by atoms with van der Waals surface area (Å²) in [7, 11) is -4.00. The van der Waals surface area contributed by atoms with Gasteiger partial charge in [0.1, 0.15) is 23.4 Å². The molecular weight excluding hydrogens is 364 g/mol. The van der Waals surface area contributed by atoms with Crippen LogP contribution in [0.25, 0.3) is 0 Å². The van der Waals surface area contributed by atoms with Crippen LogP contribution in [0.15, 0.2) is 53.4 Å². The Hall–Kier alpha value is -2.98. The Balaban J connectivity index is 1.64. The molecule has 0 saturated carbocycles. The number of hydrogen-bond acceptors (Lipinski definition) is 7. The maximum Gasteiger partial charge on any atom is 0.269 e. The number of carbonyl (C=O) groups excluding carboxylic acids is 1. The van der Waals surface area contributed by atoms with Crippen LogP contribution >= 0.6 is 0 Å². The monoisotopic (exact) mass is 378 g/mol. The number of non-ortho nitro benzene ring substituents is 1. The van der Waals surface area contributed by atoms with Gasteiger partial charge >= 0.3 is 0 Å². The molecule has 2 aromatic carbocycles. The summed E-state index contributed by atoms with van der Waals surface area (Å²) in [6.45, 7) is -0.740. The molecule has 1 heterocycles. The van der Waals surface area contributed by atoms with Crippen molar-refractivity contribution in [1.82, 2.24) is 4.31 Å². The van der Waals surface area contributed by atoms with Crippen LogP contribution in [-0.4, -0.2) is 47.9 Å². The molecule has 0 saturated heterocycles. The second-order valence-electron chi connectivity index (χ2n) is 5.55. The number of benzene rings is 2. The number of carbonyl (C=O) groups is 1. The van der Waals surface area contributed by atoms with Gasteiger partial charge in [-0.1, -0.05) is 12.1 Å². The molecule has 1 N–H and O–H groups in total. The highest BCUT2D eigenvalue weighted by molar-refractivity contribution is 7.90. The van der Waals surface area contributed by atoms with Crippen molar-refractivity contribution in [3.05, 3.63) is 64.2 Å². The van der Waals surface area contributed by atoms with Gasteiger partial charge in [0.15, 0.2) is 0 Å². The van der Waals surface area contributed by atoms with Gasteiger partial charge in [-0.3, -0.25) is 14.9 Å². The molecule has 0 aliphatic carbocycles. The SMILES string of the molecule is O=C1c2ccccc2S(=O)(=O)N1C[C@@H](O)COc1ccc([N+](=O)[O-])cc1. The van der Waals surface area contributed by atoms with Crippen LogP contribution in [-0.2, 0) is 10.0 Å². The Kier molecular flexibility index (Phi) is 4.62. The molecule has 0 fully saturated rings. The summed E-state index contributed by atoms with van der Waals surface area (Å²) < 4.78 is 30.7. The number of ether oxygens (including phenoxy) is 1. The van der Waals surface area contributed by atoms with E-state index in [-0.39, 0.29) is 28.5 Å². The van der Waals surface area contributed by atoms with Crippen molar-refractivity contribution in [2.45, 2.75) is 11.0 Å². The first-order chi connectivity index (χ1) is 12.3. The number of aliphatic hydroxyl groups excluding tert-OH is 1. The normalized spacial score (nSPS) is 16.2. The van der Waals surface area contributed by atoms with Crippen LogP contribution in [0.5, 0.6) is 5.75 Å². The third-order valence-electron chi connectivity index (χ3n) is 3.78. The Bertz CT molecular complexity index is 957. The third-order valence-corrected chi connectivity index (χ3v) is 5.59. The number of fused-ring (bicyclic) bond motifs is 1. The second-order valence-corrected chi connectivity index (χ2v) is 7.38. The minimum absolute atomic E-state index is 0.0657. The highest BCUT2D eigenvalue weighted by Gasteiger charge is 2.41. The van der Waals surface area contributed by atoms with Gasteiger partial charge in [-0.2, -0.15) is 0 Å². The second kappa shape index (κ2) is 6.73. The number of rotatable bonds is 6. The van der Waals surface area contributed by atoms with E-state index in [0.29, 0.717) is 4.31 Å². The van der Waals surface area contributed by atoms with E-state index in [4.69, 9.17) is 4.74 Å². The molecule has 10 heteroatoms. The van der Waals surface area contributed by atoms with Gasteiger partial charge in [0.05, 0.1) is 17.0 Å². The molecule has 0 bridgehead atoms. The quantitative estimate of drug-likeness (QED) is 0.590. The van der Waals surface area contributed by atoms with E-state index < -0.39 is 33.5 Å². The molecule has 0 radical (unpaired) electrons. The maximum atomic E-state index is 12.4. The maximum absolute atomic E-state index is 12.4. The minimum atomic E-state index is -4.00. The Morgan fingerprint density at radius 3 is 2.42 bits per heavy atom. The zero-order valence-corrected chi connectivity index (χ0v) is 14.1. The molecule has 0 unspecified atom stereocenters. The fraction of sp³-hybridized carbons (Fsp3) is 0.188. The fourth-order valence-corrected chi connectivity index (χ4v) is 4.12. The Morgan fingerprint density at radius 2 is 1.81 bits per heavy atom. The van der Waals surface area contributed by atoms with E-state index in [2.05, 4.69) is 0 Å². The first-order valence-corrected chi connectivity index (χ1v) is 8.96. The van der Waals surface area contributed by atoms with Gasteiger partial charge < -0.3 is 9.84 Å². The average molecular weight is 378 g/mol. The first kappa shape index (κ1) is 17.8. The molecule has 3 rings (SSSR count). The highest BCUT2D eigenvalue weighted by Crippen LogP contribution is 2.30. The van der Waals surface area contributed by atoms with E-state index in [0.717, 1.165) is 0 Å². The largest absolute Gasteiger partial charge is 0.491 e. The molecule has 1 aliphatic rings. The molecular formula is C16H14N2O7S. The number of sulfonamides is 1. The van der Waals surface area contributed by atoms with Crippen LogP contribution in [0.2, 0.25) is 0 Å². The van der Waals surface area contributed by atoms with Gasteiger partial charge in [0.2, 0.25) is 0 Å². The zero-order chi connectivity index (χ0) is 18.9. The lowest BCUT2D eigenvalue weighted by molar-refractivity contribution is -0.384. The number of hydrogen-bond donors (Lipinski definition) is 1. The zero-order valence-electron chi connectivity index (χ0n) is 13.3. The first-order valence-electron chi connectivity index (χ1n) is 7.52. The van der Waals surface area contributed by atoms with E-state index in [1.54, 1.807) is 6.07 Å². The van der Waals surface area contributed by atoms with Crippen molar-refractivity contribution in [2.75, 3.05) is 13.2 Å². The van der Waals surface area contributed by atoms with E-state index in [1.165, 1.54) is 42.5 Å². The summed E-state index contributed by atoms with van der Waals surface area (Å²) in [5.41, 5.74) is -0.0413. The van der Waals surface area contributed by atoms with Crippen LogP contribution in [0.3, 0.4) is 0 Å². The summed E-state index contributed by atoms with van der Waals surface area (Å²) in [4.78, 5) is 22.2. The van der Waals surface area contributed by atoms with Gasteiger partial charge in [0.25, 0.3) is 21.6 Å². The number of amides is 1. The Labute approximate surface area is 148 Å². The highest BCUT2D eigenvalue weighted by atomic mass is 32.2. The Morgan fingerprint density at radius 1 is 1.15 bits per heavy atom. The summed E-state index contributed by atoms with van der Waals surface area (Å²) >= 11 is 0. The van der Waals surface area contributed by atoms with E-state index >= 15 is 0 Å². The summed E-state index contributed by atoms with van der Waals surface area (Å²) in [6, 6.07) is 11.0. The summed E-state index contributed by atoms with van der Waals surface area (Å²) in [6.07, 6.45) is -1.27. The predicted molar refractivity (Wildman–Crippen MR) is 89.3 cm³/mol. The minimum Gasteiger partial charge on any atom is -0.491 e. The lowest BCUT2D eigenvalue weighted by atomic mass is 10.2. The van der Waals surface area contributed by atoms with E-state index in [1.807, 2.05) is 0 Å². The third kappa shape index (κ3) is 3.24. The number of nitro benzene ring substituents is 1. The number of β-amino-alcohol motifs (C(OH)–C–C–N with tert-alkyl or cyclic N) is 1. The van der Waals surface area contributed by atoms with Crippen LogP contribution < -0.4 is 4.74 Å². The number of aliphatic hydroxyl groups is 1. The van der Waals surface area contributed by atoms with Gasteiger partial charge in [-0.15, -0.1) is 0 Å². The molecule has 1 atom stereocenters. The van der Waals surface area contributed by atoms with Crippen LogP contribution in [0, 0.1) is 10.1 Å². The van der Waals surface area contributed by atoms with Crippen molar-refractivity contribution in [3.63, 3.8) is 0 Å². The molecule has 26 heavy (non-hydrogen) atoms. The molecule has 136 valence electrons. The molecule has 9 nitrogen and oxygen atoms in total. The number of nitro groups is 1. The molecule has 1 amide bonds. The molecule has 2 aromatic rings. The van der Waals surface area contributed by atoms with Crippen molar-refractivity contribution in [1.29, 1.82) is 0 Å². The molecule has 0 spiro atoms. The fourth-order valence-electron chi connectivity index (χ4n) is 2.51. The topological polar surface area (TPSA) is 127 Å². The van der Waals surface area contributed by atoms with Gasteiger partial charge in [0, 0.05) is 12.1 Å². The van der Waals surface area contributed by atoms with Crippen LogP contribution in [0.4, 0.5) is 5.69 Å². The van der Waals surface area contributed by atoms with Crippen molar-refractivity contribution in [2.24, 2.45) is 0 Å². The predicted octanol–water partition coefficient (Wildman–Crippen LogP) is 1.18.